The van der Waals surface area contributed by atoms with Crippen molar-refractivity contribution in [1.29, 1.82) is 0 Å². The maximum Gasteiger partial charge on any atom is 0.191 e. The Balaban J connectivity index is 1.50. The Kier molecular flexibility index (Phi) is 9.88. The standard InChI is InChI=1S/C23H34N8O2S/c1-34-23-26-21(24-7-9-30-11-15-32-16-12-30)20(29-28-19-5-3-2-4-6-19)22(27-23)25-8-10-31-13-17-33-18-14-31/h2-6H,7-18H2,1H3,(H2,24,25,26,27). The van der Waals surface area contributed by atoms with E-state index >= 15 is 0 Å². The Hall–Kier alpha value is -2.31. The van der Waals surface area contributed by atoms with E-state index in [4.69, 9.17) is 19.4 Å². The van der Waals surface area contributed by atoms with Gasteiger partial charge in [-0.1, -0.05) is 30.0 Å². The van der Waals surface area contributed by atoms with Crippen LogP contribution >= 0.6 is 11.8 Å². The van der Waals surface area contributed by atoms with E-state index in [0.717, 1.165) is 84.5 Å². The van der Waals surface area contributed by atoms with E-state index < -0.39 is 0 Å². The third-order valence-corrected chi connectivity index (χ3v) is 6.26. The van der Waals surface area contributed by atoms with Gasteiger partial charge in [-0.15, -0.1) is 5.11 Å². The summed E-state index contributed by atoms with van der Waals surface area (Å²) in [5, 5.41) is 16.7. The first-order valence-corrected chi connectivity index (χ1v) is 13.0. The molecular formula is C23H34N8O2S. The van der Waals surface area contributed by atoms with Gasteiger partial charge in [0.1, 0.15) is 0 Å². The SMILES string of the molecule is CSc1nc(NCCN2CCOCC2)c(N=Nc2ccccc2)c(NCCN2CCOCC2)n1. The molecule has 11 heteroatoms. The number of azo groups is 1. The van der Waals surface area contributed by atoms with Crippen LogP contribution in [0.2, 0.25) is 0 Å². The minimum atomic E-state index is 0.630. The van der Waals surface area contributed by atoms with Crippen LogP contribution in [-0.2, 0) is 9.47 Å². The van der Waals surface area contributed by atoms with Gasteiger partial charge < -0.3 is 20.1 Å². The summed E-state index contributed by atoms with van der Waals surface area (Å²) >= 11 is 1.51. The van der Waals surface area contributed by atoms with Gasteiger partial charge in [0.15, 0.2) is 22.5 Å². The fourth-order valence-corrected chi connectivity index (χ4v) is 4.15. The summed E-state index contributed by atoms with van der Waals surface area (Å²) in [6, 6.07) is 9.72. The number of anilines is 2. The maximum atomic E-state index is 5.45. The van der Waals surface area contributed by atoms with Crippen molar-refractivity contribution >= 4 is 34.8 Å². The molecule has 0 bridgehead atoms. The molecule has 0 radical (unpaired) electrons. The van der Waals surface area contributed by atoms with Crippen LogP contribution in [0.5, 0.6) is 0 Å². The highest BCUT2D eigenvalue weighted by atomic mass is 32.2. The second-order valence-electron chi connectivity index (χ2n) is 8.05. The Labute approximate surface area is 205 Å². The minimum absolute atomic E-state index is 0.630. The quantitative estimate of drug-likeness (QED) is 0.282. The fourth-order valence-electron chi connectivity index (χ4n) is 3.78. The van der Waals surface area contributed by atoms with Gasteiger partial charge in [0.2, 0.25) is 0 Å². The van der Waals surface area contributed by atoms with Gasteiger partial charge >= 0.3 is 0 Å². The van der Waals surface area contributed by atoms with E-state index in [1.807, 2.05) is 36.6 Å². The van der Waals surface area contributed by atoms with Gasteiger partial charge in [0, 0.05) is 52.4 Å². The van der Waals surface area contributed by atoms with Crippen LogP contribution in [-0.4, -0.2) is 105 Å². The van der Waals surface area contributed by atoms with Gasteiger partial charge in [0.05, 0.1) is 32.1 Å². The van der Waals surface area contributed by atoms with Crippen LogP contribution in [0.15, 0.2) is 45.7 Å². The number of nitrogens with one attached hydrogen (secondary N) is 2. The topological polar surface area (TPSA) is 99.5 Å². The molecule has 0 spiro atoms. The lowest BCUT2D eigenvalue weighted by molar-refractivity contribution is 0.0398. The molecule has 10 nitrogen and oxygen atoms in total. The fraction of sp³-hybridized carbons (Fsp3) is 0.565. The number of nitrogens with zero attached hydrogens (tertiary/aromatic N) is 6. The molecule has 1 aromatic heterocycles. The highest BCUT2D eigenvalue weighted by molar-refractivity contribution is 7.98. The zero-order valence-corrected chi connectivity index (χ0v) is 20.6. The van der Waals surface area contributed by atoms with Crippen LogP contribution in [0.1, 0.15) is 0 Å². The number of morpholine rings is 2. The molecule has 184 valence electrons. The number of benzene rings is 1. The van der Waals surface area contributed by atoms with Crippen LogP contribution in [0.4, 0.5) is 23.0 Å². The predicted octanol–water partition coefficient (Wildman–Crippen LogP) is 3.10. The minimum Gasteiger partial charge on any atom is -0.379 e. The molecule has 34 heavy (non-hydrogen) atoms. The molecular weight excluding hydrogens is 452 g/mol. The summed E-state index contributed by atoms with van der Waals surface area (Å²) in [4.78, 5) is 14.2. The number of hydrogen-bond acceptors (Lipinski definition) is 11. The number of ether oxygens (including phenoxy) is 2. The van der Waals surface area contributed by atoms with Crippen LogP contribution in [0, 0.1) is 0 Å². The van der Waals surface area contributed by atoms with Crippen molar-refractivity contribution in [1.82, 2.24) is 19.8 Å². The molecule has 0 amide bonds. The smallest absolute Gasteiger partial charge is 0.191 e. The van der Waals surface area contributed by atoms with Crippen molar-refractivity contribution in [2.24, 2.45) is 10.2 Å². The summed E-state index contributed by atoms with van der Waals surface area (Å²) in [6.07, 6.45) is 1.98. The second-order valence-corrected chi connectivity index (χ2v) is 8.83. The van der Waals surface area contributed by atoms with Gasteiger partial charge in [-0.05, 0) is 18.4 Å². The first kappa shape index (κ1) is 24.8. The monoisotopic (exact) mass is 486 g/mol. The van der Waals surface area contributed by atoms with Crippen molar-refractivity contribution in [3.8, 4) is 0 Å². The lowest BCUT2D eigenvalue weighted by Crippen LogP contribution is -2.39. The number of thioether (sulfide) groups is 1. The van der Waals surface area contributed by atoms with Crippen LogP contribution in [0.3, 0.4) is 0 Å². The Morgan fingerprint density at radius 2 is 1.35 bits per heavy atom. The predicted molar refractivity (Wildman–Crippen MR) is 136 cm³/mol. The highest BCUT2D eigenvalue weighted by Crippen LogP contribution is 2.34. The number of aromatic nitrogens is 2. The van der Waals surface area contributed by atoms with Crippen molar-refractivity contribution < 1.29 is 9.47 Å². The van der Waals surface area contributed by atoms with E-state index in [9.17, 15) is 0 Å². The van der Waals surface area contributed by atoms with Gasteiger partial charge in [-0.2, -0.15) is 5.11 Å². The molecule has 2 aliphatic rings. The molecule has 2 N–H and O–H groups in total. The lowest BCUT2D eigenvalue weighted by Gasteiger charge is -2.27. The molecule has 0 saturated carbocycles. The van der Waals surface area contributed by atoms with E-state index in [0.29, 0.717) is 22.5 Å². The van der Waals surface area contributed by atoms with Crippen molar-refractivity contribution in [3.63, 3.8) is 0 Å². The lowest BCUT2D eigenvalue weighted by atomic mass is 10.3. The molecule has 1 aromatic carbocycles. The third kappa shape index (κ3) is 7.60. The molecule has 0 aliphatic carbocycles. The average Bonchev–Trinajstić information content (AvgIpc) is 2.90. The largest absolute Gasteiger partial charge is 0.379 e. The first-order chi connectivity index (χ1) is 16.8. The summed E-state index contributed by atoms with van der Waals surface area (Å²) in [5.41, 5.74) is 1.42. The zero-order chi connectivity index (χ0) is 23.4. The molecule has 2 saturated heterocycles. The highest BCUT2D eigenvalue weighted by Gasteiger charge is 2.17. The van der Waals surface area contributed by atoms with E-state index in [1.165, 1.54) is 11.8 Å². The van der Waals surface area contributed by atoms with Crippen LogP contribution in [0.25, 0.3) is 0 Å². The summed E-state index contributed by atoms with van der Waals surface area (Å²) in [5.74, 6) is 1.39. The normalized spacial score (nSPS) is 17.8. The molecule has 2 aromatic rings. The Bertz CT molecular complexity index is 860. The number of hydrogen-bond donors (Lipinski definition) is 2. The Morgan fingerprint density at radius 1 is 0.824 bits per heavy atom. The van der Waals surface area contributed by atoms with Gasteiger partial charge in [0.25, 0.3) is 0 Å². The third-order valence-electron chi connectivity index (χ3n) is 5.72. The zero-order valence-electron chi connectivity index (χ0n) is 19.8. The molecule has 0 unspecified atom stereocenters. The van der Waals surface area contributed by atoms with Gasteiger partial charge in [-0.3, -0.25) is 9.80 Å². The number of rotatable bonds is 11. The maximum absolute atomic E-state index is 5.45. The summed E-state index contributed by atoms with van der Waals surface area (Å²) in [7, 11) is 0. The molecule has 3 heterocycles. The van der Waals surface area contributed by atoms with E-state index in [-0.39, 0.29) is 0 Å². The van der Waals surface area contributed by atoms with E-state index in [1.54, 1.807) is 0 Å². The van der Waals surface area contributed by atoms with Crippen molar-refractivity contribution in [2.45, 2.75) is 5.16 Å². The second kappa shape index (κ2) is 13.5. The molecule has 2 aliphatic heterocycles. The summed E-state index contributed by atoms with van der Waals surface area (Å²) < 4.78 is 10.9. The van der Waals surface area contributed by atoms with Crippen LogP contribution < -0.4 is 10.6 Å². The Morgan fingerprint density at radius 3 is 1.85 bits per heavy atom. The van der Waals surface area contributed by atoms with E-state index in [2.05, 4.69) is 30.7 Å². The first-order valence-electron chi connectivity index (χ1n) is 11.8. The summed E-state index contributed by atoms with van der Waals surface area (Å²) in [6.45, 7) is 10.3. The molecule has 0 atom stereocenters. The average molecular weight is 487 g/mol. The van der Waals surface area contributed by atoms with Crippen molar-refractivity contribution in [3.05, 3.63) is 30.3 Å². The molecule has 4 rings (SSSR count). The molecule has 2 fully saturated rings. The van der Waals surface area contributed by atoms with Gasteiger partial charge in [-0.25, -0.2) is 9.97 Å². The van der Waals surface area contributed by atoms with Crippen molar-refractivity contribution in [2.75, 3.05) is 95.7 Å².